The highest BCUT2D eigenvalue weighted by molar-refractivity contribution is 7.14. The normalized spacial score (nSPS) is 11.0. The number of hydrogen-bond donors (Lipinski definition) is 1. The quantitative estimate of drug-likeness (QED) is 0.833. The lowest BCUT2D eigenvalue weighted by molar-refractivity contribution is 0.825. The molecule has 2 aromatic rings. The number of hydrogen-bond acceptors (Lipinski definition) is 4. The van der Waals surface area contributed by atoms with Crippen LogP contribution >= 0.6 is 22.9 Å². The number of nitrogens with zero attached hydrogens (tertiary/aromatic N) is 2. The summed E-state index contributed by atoms with van der Waals surface area (Å²) in [4.78, 5) is 0. The van der Waals surface area contributed by atoms with Crippen LogP contribution in [-0.4, -0.2) is 10.2 Å². The van der Waals surface area contributed by atoms with Crippen LogP contribution in [0.15, 0.2) is 18.2 Å². The fraction of sp³-hybridized carbons (Fsp3) is 0.273. The molecule has 2 N–H and O–H groups in total. The molecule has 84 valence electrons. The number of benzene rings is 1. The first-order valence-corrected chi connectivity index (χ1v) is 6.16. The zero-order chi connectivity index (χ0) is 11.7. The van der Waals surface area contributed by atoms with Crippen molar-refractivity contribution in [3.8, 4) is 10.6 Å². The number of rotatable bonds is 2. The van der Waals surface area contributed by atoms with Crippen molar-refractivity contribution in [1.29, 1.82) is 0 Å². The van der Waals surface area contributed by atoms with E-state index >= 15 is 0 Å². The van der Waals surface area contributed by atoms with Crippen LogP contribution in [0.2, 0.25) is 5.02 Å². The van der Waals surface area contributed by atoms with Crippen LogP contribution in [0.5, 0.6) is 0 Å². The maximum Gasteiger partial charge on any atom is 0.149 e. The molecule has 0 radical (unpaired) electrons. The first-order chi connectivity index (χ1) is 7.58. The van der Waals surface area contributed by atoms with Crippen LogP contribution in [0.4, 0.5) is 5.69 Å². The maximum atomic E-state index is 5.94. The van der Waals surface area contributed by atoms with Crippen LogP contribution in [-0.2, 0) is 0 Å². The molecule has 0 unspecified atom stereocenters. The Morgan fingerprint density at radius 3 is 2.69 bits per heavy atom. The summed E-state index contributed by atoms with van der Waals surface area (Å²) < 4.78 is 0. The van der Waals surface area contributed by atoms with E-state index in [0.29, 0.717) is 16.6 Å². The Balaban J connectivity index is 2.46. The fourth-order valence-electron chi connectivity index (χ4n) is 1.29. The molecule has 0 fully saturated rings. The summed E-state index contributed by atoms with van der Waals surface area (Å²) in [6.45, 7) is 4.18. The van der Waals surface area contributed by atoms with Crippen molar-refractivity contribution in [2.75, 3.05) is 5.73 Å². The van der Waals surface area contributed by atoms with E-state index in [9.17, 15) is 0 Å². The van der Waals surface area contributed by atoms with Gasteiger partial charge in [0.15, 0.2) is 0 Å². The molecule has 1 aromatic heterocycles. The Kier molecular flexibility index (Phi) is 3.12. The van der Waals surface area contributed by atoms with E-state index in [1.54, 1.807) is 23.5 Å². The summed E-state index contributed by atoms with van der Waals surface area (Å²) in [5.74, 6) is 0.381. The number of aromatic nitrogens is 2. The molecule has 0 bridgehead atoms. The van der Waals surface area contributed by atoms with Gasteiger partial charge in [-0.2, -0.15) is 0 Å². The van der Waals surface area contributed by atoms with Crippen LogP contribution in [0, 0.1) is 0 Å². The summed E-state index contributed by atoms with van der Waals surface area (Å²) in [7, 11) is 0. The molecule has 2 rings (SSSR count). The highest BCUT2D eigenvalue weighted by Gasteiger charge is 2.11. The van der Waals surface area contributed by atoms with Crippen LogP contribution < -0.4 is 5.73 Å². The van der Waals surface area contributed by atoms with Gasteiger partial charge in [-0.25, -0.2) is 0 Å². The monoisotopic (exact) mass is 253 g/mol. The molecule has 0 aliphatic rings. The summed E-state index contributed by atoms with van der Waals surface area (Å²) in [5, 5.41) is 10.8. The molecule has 0 aliphatic heterocycles. The average Bonchev–Trinajstić information content (AvgIpc) is 2.70. The van der Waals surface area contributed by atoms with E-state index in [2.05, 4.69) is 24.0 Å². The van der Waals surface area contributed by atoms with Crippen molar-refractivity contribution in [3.63, 3.8) is 0 Å². The van der Waals surface area contributed by atoms with Gasteiger partial charge in [0.25, 0.3) is 0 Å². The largest absolute Gasteiger partial charge is 0.398 e. The van der Waals surface area contributed by atoms with E-state index in [1.165, 1.54) is 0 Å². The fourth-order valence-corrected chi connectivity index (χ4v) is 2.35. The zero-order valence-corrected chi connectivity index (χ0v) is 10.6. The molecule has 16 heavy (non-hydrogen) atoms. The van der Waals surface area contributed by atoms with Crippen molar-refractivity contribution < 1.29 is 0 Å². The van der Waals surface area contributed by atoms with Gasteiger partial charge < -0.3 is 5.73 Å². The summed E-state index contributed by atoms with van der Waals surface area (Å²) in [6.07, 6.45) is 0. The lowest BCUT2D eigenvalue weighted by Crippen LogP contribution is -1.89. The molecule has 0 amide bonds. The van der Waals surface area contributed by atoms with E-state index < -0.39 is 0 Å². The minimum absolute atomic E-state index is 0.381. The predicted octanol–water partition coefficient (Wildman–Crippen LogP) is 3.56. The molecular formula is C11H12ClN3S. The van der Waals surface area contributed by atoms with E-state index in [1.807, 2.05) is 6.07 Å². The highest BCUT2D eigenvalue weighted by Crippen LogP contribution is 2.32. The molecule has 0 atom stereocenters. The van der Waals surface area contributed by atoms with Crippen LogP contribution in [0.1, 0.15) is 24.8 Å². The SMILES string of the molecule is CC(C)c1nnc(-c2cc(Cl)ccc2N)s1. The van der Waals surface area contributed by atoms with Gasteiger partial charge in [0.1, 0.15) is 10.0 Å². The molecular weight excluding hydrogens is 242 g/mol. The molecule has 0 saturated heterocycles. The van der Waals surface area contributed by atoms with Gasteiger partial charge >= 0.3 is 0 Å². The molecule has 5 heteroatoms. The van der Waals surface area contributed by atoms with Gasteiger partial charge in [-0.05, 0) is 18.2 Å². The standard InChI is InChI=1S/C11H12ClN3S/c1-6(2)10-14-15-11(16-10)8-5-7(12)3-4-9(8)13/h3-6H,13H2,1-2H3. The molecule has 0 saturated carbocycles. The third kappa shape index (κ3) is 2.18. The number of nitrogens with two attached hydrogens (primary N) is 1. The number of halogens is 1. The molecule has 0 spiro atoms. The van der Waals surface area contributed by atoms with Gasteiger partial charge in [-0.1, -0.05) is 36.8 Å². The van der Waals surface area contributed by atoms with Crippen molar-refractivity contribution in [1.82, 2.24) is 10.2 Å². The Labute approximate surface area is 103 Å². The van der Waals surface area contributed by atoms with Gasteiger partial charge in [0.05, 0.1) is 0 Å². The Morgan fingerprint density at radius 2 is 2.06 bits per heavy atom. The van der Waals surface area contributed by atoms with Gasteiger partial charge in [-0.3, -0.25) is 0 Å². The van der Waals surface area contributed by atoms with Crippen LogP contribution in [0.25, 0.3) is 10.6 Å². The second kappa shape index (κ2) is 4.39. The van der Waals surface area contributed by atoms with E-state index in [4.69, 9.17) is 17.3 Å². The summed E-state index contributed by atoms with van der Waals surface area (Å²) in [6, 6.07) is 5.38. The number of nitrogen functional groups attached to an aromatic ring is 1. The molecule has 1 heterocycles. The van der Waals surface area contributed by atoms with Gasteiger partial charge in [-0.15, -0.1) is 10.2 Å². The van der Waals surface area contributed by atoms with Gasteiger partial charge in [0.2, 0.25) is 0 Å². The smallest absolute Gasteiger partial charge is 0.149 e. The minimum atomic E-state index is 0.381. The average molecular weight is 254 g/mol. The first-order valence-electron chi connectivity index (χ1n) is 4.96. The van der Waals surface area contributed by atoms with Crippen molar-refractivity contribution >= 4 is 28.6 Å². The molecule has 1 aromatic carbocycles. The lowest BCUT2D eigenvalue weighted by atomic mass is 10.2. The summed E-state index contributed by atoms with van der Waals surface area (Å²) >= 11 is 7.49. The van der Waals surface area contributed by atoms with Crippen molar-refractivity contribution in [2.24, 2.45) is 0 Å². The predicted molar refractivity (Wildman–Crippen MR) is 68.9 cm³/mol. The topological polar surface area (TPSA) is 51.8 Å². The lowest BCUT2D eigenvalue weighted by Gasteiger charge is -2.01. The minimum Gasteiger partial charge on any atom is -0.398 e. The molecule has 0 aliphatic carbocycles. The van der Waals surface area contributed by atoms with Crippen LogP contribution in [0.3, 0.4) is 0 Å². The highest BCUT2D eigenvalue weighted by atomic mass is 35.5. The molecule has 3 nitrogen and oxygen atoms in total. The second-order valence-corrected chi connectivity index (χ2v) is 5.28. The maximum absolute atomic E-state index is 5.94. The third-order valence-electron chi connectivity index (χ3n) is 2.18. The number of anilines is 1. The Morgan fingerprint density at radius 1 is 1.31 bits per heavy atom. The Bertz CT molecular complexity index is 508. The van der Waals surface area contributed by atoms with Gasteiger partial charge in [0, 0.05) is 22.2 Å². The van der Waals surface area contributed by atoms with Crippen molar-refractivity contribution in [2.45, 2.75) is 19.8 Å². The van der Waals surface area contributed by atoms with E-state index in [-0.39, 0.29) is 0 Å². The van der Waals surface area contributed by atoms with Crippen molar-refractivity contribution in [3.05, 3.63) is 28.2 Å². The zero-order valence-electron chi connectivity index (χ0n) is 9.07. The Hall–Kier alpha value is -1.13. The van der Waals surface area contributed by atoms with E-state index in [0.717, 1.165) is 15.6 Å². The summed E-state index contributed by atoms with van der Waals surface area (Å²) in [5.41, 5.74) is 7.42. The second-order valence-electron chi connectivity index (χ2n) is 3.83. The third-order valence-corrected chi connectivity index (χ3v) is 3.67. The first kappa shape index (κ1) is 11.4.